The third kappa shape index (κ3) is 2.24. The van der Waals surface area contributed by atoms with Crippen LogP contribution in [-0.4, -0.2) is 47.7 Å². The minimum atomic E-state index is -0.852. The highest BCUT2D eigenvalue weighted by Crippen LogP contribution is 2.60. The molecule has 19 heavy (non-hydrogen) atoms. The first-order chi connectivity index (χ1) is 9.14. The Morgan fingerprint density at radius 3 is 2.63 bits per heavy atom. The number of amides is 1. The standard InChI is InChI=1S/C14H21NO4/c16-12(10-9-14(10)4-7-19-8-5-14)15-6-2-1-3-11(15)13(17)18/h10-11H,1-9H2,(H,17,18)/t10-,11+/m0/s1. The molecule has 2 heterocycles. The van der Waals surface area contributed by atoms with Crippen LogP contribution in [-0.2, 0) is 14.3 Å². The predicted molar refractivity (Wildman–Crippen MR) is 67.6 cm³/mol. The van der Waals surface area contributed by atoms with Crippen molar-refractivity contribution in [2.45, 2.75) is 44.6 Å². The monoisotopic (exact) mass is 267 g/mol. The van der Waals surface area contributed by atoms with Crippen LogP contribution in [0.2, 0.25) is 0 Å². The average Bonchev–Trinajstić information content (AvgIpc) is 3.12. The molecule has 2 saturated heterocycles. The number of rotatable bonds is 2. The second kappa shape index (κ2) is 4.78. The molecule has 0 radical (unpaired) electrons. The van der Waals surface area contributed by atoms with E-state index >= 15 is 0 Å². The minimum absolute atomic E-state index is 0.0522. The number of likely N-dealkylation sites (tertiary alicyclic amines) is 1. The van der Waals surface area contributed by atoms with E-state index in [2.05, 4.69) is 0 Å². The van der Waals surface area contributed by atoms with Gasteiger partial charge in [-0.2, -0.15) is 0 Å². The van der Waals surface area contributed by atoms with Gasteiger partial charge in [0.25, 0.3) is 0 Å². The van der Waals surface area contributed by atoms with Crippen LogP contribution in [0.25, 0.3) is 0 Å². The zero-order chi connectivity index (χ0) is 13.5. The number of carbonyl (C=O) groups is 2. The lowest BCUT2D eigenvalue weighted by Crippen LogP contribution is -2.49. The first kappa shape index (κ1) is 12.9. The summed E-state index contributed by atoms with van der Waals surface area (Å²) in [6.45, 7) is 2.09. The zero-order valence-corrected chi connectivity index (χ0v) is 11.1. The molecule has 1 spiro atoms. The average molecular weight is 267 g/mol. The quantitative estimate of drug-likeness (QED) is 0.818. The summed E-state index contributed by atoms with van der Waals surface area (Å²) in [6, 6.07) is -0.598. The molecule has 106 valence electrons. The van der Waals surface area contributed by atoms with Crippen molar-refractivity contribution < 1.29 is 19.4 Å². The lowest BCUT2D eigenvalue weighted by Gasteiger charge is -2.34. The number of carboxylic acids is 1. The number of ether oxygens (including phenoxy) is 1. The Balaban J connectivity index is 1.68. The van der Waals surface area contributed by atoms with Crippen molar-refractivity contribution in [2.24, 2.45) is 11.3 Å². The van der Waals surface area contributed by atoms with Gasteiger partial charge in [0.15, 0.2) is 0 Å². The number of carbonyl (C=O) groups excluding carboxylic acids is 1. The van der Waals surface area contributed by atoms with E-state index in [-0.39, 0.29) is 17.2 Å². The summed E-state index contributed by atoms with van der Waals surface area (Å²) in [5.74, 6) is -0.722. The van der Waals surface area contributed by atoms with E-state index in [0.29, 0.717) is 13.0 Å². The molecule has 1 aliphatic carbocycles. The Bertz CT molecular complexity index is 389. The number of hydrogen-bond donors (Lipinski definition) is 1. The van der Waals surface area contributed by atoms with Gasteiger partial charge in [0.2, 0.25) is 5.91 Å². The maximum atomic E-state index is 12.6. The Labute approximate surface area is 112 Å². The lowest BCUT2D eigenvalue weighted by molar-refractivity contribution is -0.153. The maximum absolute atomic E-state index is 12.6. The predicted octanol–water partition coefficient (Wildman–Crippen LogP) is 1.27. The highest BCUT2D eigenvalue weighted by molar-refractivity contribution is 5.87. The highest BCUT2D eigenvalue weighted by atomic mass is 16.5. The summed E-state index contributed by atoms with van der Waals surface area (Å²) < 4.78 is 5.36. The van der Waals surface area contributed by atoms with Crippen LogP contribution in [0.15, 0.2) is 0 Å². The number of hydrogen-bond acceptors (Lipinski definition) is 3. The molecule has 0 bridgehead atoms. The third-order valence-corrected chi connectivity index (χ3v) is 5.05. The van der Waals surface area contributed by atoms with E-state index in [1.54, 1.807) is 4.90 Å². The van der Waals surface area contributed by atoms with Gasteiger partial charge in [0, 0.05) is 25.7 Å². The van der Waals surface area contributed by atoms with Crippen LogP contribution in [0.5, 0.6) is 0 Å². The van der Waals surface area contributed by atoms with Crippen molar-refractivity contribution in [3.05, 3.63) is 0 Å². The molecule has 5 heteroatoms. The first-order valence-corrected chi connectivity index (χ1v) is 7.25. The largest absolute Gasteiger partial charge is 0.480 e. The van der Waals surface area contributed by atoms with Gasteiger partial charge in [-0.05, 0) is 43.9 Å². The van der Waals surface area contributed by atoms with Gasteiger partial charge in [-0.1, -0.05) is 0 Å². The second-order valence-electron chi connectivity index (χ2n) is 6.11. The summed E-state index contributed by atoms with van der Waals surface area (Å²) in [4.78, 5) is 25.5. The Kier molecular flexibility index (Phi) is 3.25. The van der Waals surface area contributed by atoms with Crippen molar-refractivity contribution in [1.82, 2.24) is 4.90 Å². The number of nitrogens with zero attached hydrogens (tertiary/aromatic N) is 1. The fourth-order valence-electron chi connectivity index (χ4n) is 3.68. The molecule has 1 N–H and O–H groups in total. The fraction of sp³-hybridized carbons (Fsp3) is 0.857. The van der Waals surface area contributed by atoms with Crippen molar-refractivity contribution in [2.75, 3.05) is 19.8 Å². The Morgan fingerprint density at radius 2 is 1.95 bits per heavy atom. The highest BCUT2D eigenvalue weighted by Gasteiger charge is 2.59. The van der Waals surface area contributed by atoms with Gasteiger partial charge in [-0.3, -0.25) is 4.79 Å². The molecule has 0 unspecified atom stereocenters. The van der Waals surface area contributed by atoms with Crippen molar-refractivity contribution >= 4 is 11.9 Å². The van der Waals surface area contributed by atoms with Crippen molar-refractivity contribution in [1.29, 1.82) is 0 Å². The topological polar surface area (TPSA) is 66.8 Å². The van der Waals surface area contributed by atoms with Gasteiger partial charge in [0.1, 0.15) is 6.04 Å². The van der Waals surface area contributed by atoms with Gasteiger partial charge >= 0.3 is 5.97 Å². The number of carboxylic acid groups (broad SMARTS) is 1. The fourth-order valence-corrected chi connectivity index (χ4v) is 3.68. The molecule has 1 saturated carbocycles. The van der Waals surface area contributed by atoms with E-state index in [4.69, 9.17) is 4.74 Å². The number of piperidine rings is 1. The van der Waals surface area contributed by atoms with Crippen molar-refractivity contribution in [3.8, 4) is 0 Å². The molecule has 0 aromatic heterocycles. The summed E-state index contributed by atoms with van der Waals surface area (Å²) >= 11 is 0. The van der Waals surface area contributed by atoms with Crippen LogP contribution < -0.4 is 0 Å². The molecule has 3 rings (SSSR count). The third-order valence-electron chi connectivity index (χ3n) is 5.05. The lowest BCUT2D eigenvalue weighted by atomic mass is 9.92. The SMILES string of the molecule is O=C(O)[C@H]1CCCCN1C(=O)[C@@H]1CC12CCOCC2. The summed E-state index contributed by atoms with van der Waals surface area (Å²) in [7, 11) is 0. The molecule has 1 amide bonds. The molecule has 3 aliphatic rings. The normalized spacial score (nSPS) is 33.2. The van der Waals surface area contributed by atoms with Crippen LogP contribution in [0.4, 0.5) is 0 Å². The van der Waals surface area contributed by atoms with Gasteiger partial charge in [-0.25, -0.2) is 4.79 Å². The molecular weight excluding hydrogens is 246 g/mol. The minimum Gasteiger partial charge on any atom is -0.480 e. The van der Waals surface area contributed by atoms with Crippen LogP contribution in [0, 0.1) is 11.3 Å². The molecule has 0 aromatic carbocycles. The first-order valence-electron chi connectivity index (χ1n) is 7.25. The number of aliphatic carboxylic acids is 1. The summed E-state index contributed by atoms with van der Waals surface area (Å²) in [5, 5.41) is 9.25. The summed E-state index contributed by atoms with van der Waals surface area (Å²) in [6.07, 6.45) is 5.27. The summed E-state index contributed by atoms with van der Waals surface area (Å²) in [5.41, 5.74) is 0.135. The van der Waals surface area contributed by atoms with Crippen LogP contribution in [0.1, 0.15) is 38.5 Å². The van der Waals surface area contributed by atoms with E-state index in [0.717, 1.165) is 45.3 Å². The molecule has 0 aromatic rings. The molecule has 2 atom stereocenters. The Hall–Kier alpha value is -1.10. The molecule has 3 fully saturated rings. The molecule has 5 nitrogen and oxygen atoms in total. The van der Waals surface area contributed by atoms with E-state index in [9.17, 15) is 14.7 Å². The van der Waals surface area contributed by atoms with Gasteiger partial charge in [0.05, 0.1) is 0 Å². The van der Waals surface area contributed by atoms with E-state index < -0.39 is 12.0 Å². The van der Waals surface area contributed by atoms with Crippen LogP contribution in [0.3, 0.4) is 0 Å². The van der Waals surface area contributed by atoms with Crippen molar-refractivity contribution in [3.63, 3.8) is 0 Å². The van der Waals surface area contributed by atoms with Gasteiger partial charge in [-0.15, -0.1) is 0 Å². The van der Waals surface area contributed by atoms with Gasteiger partial charge < -0.3 is 14.7 Å². The smallest absolute Gasteiger partial charge is 0.326 e. The zero-order valence-electron chi connectivity index (χ0n) is 11.1. The maximum Gasteiger partial charge on any atom is 0.326 e. The Morgan fingerprint density at radius 1 is 1.21 bits per heavy atom. The van der Waals surface area contributed by atoms with E-state index in [1.807, 2.05) is 0 Å². The second-order valence-corrected chi connectivity index (χ2v) is 6.11. The van der Waals surface area contributed by atoms with E-state index in [1.165, 1.54) is 0 Å². The van der Waals surface area contributed by atoms with Crippen LogP contribution >= 0.6 is 0 Å². The molecular formula is C14H21NO4. The molecule has 2 aliphatic heterocycles.